The zero-order valence-electron chi connectivity index (χ0n) is 10.5. The second kappa shape index (κ2) is 5.13. The molecule has 2 aromatic rings. The third kappa shape index (κ3) is 2.59. The molecule has 0 unspecified atom stereocenters. The van der Waals surface area contributed by atoms with Gasteiger partial charge in [0.25, 0.3) is 0 Å². The number of benzene rings is 2. The van der Waals surface area contributed by atoms with Gasteiger partial charge in [0, 0.05) is 6.54 Å². The van der Waals surface area contributed by atoms with Crippen molar-refractivity contribution in [1.29, 1.82) is 5.26 Å². The van der Waals surface area contributed by atoms with Gasteiger partial charge in [-0.05, 0) is 60.5 Å². The molecule has 0 aliphatic carbocycles. The van der Waals surface area contributed by atoms with Gasteiger partial charge in [-0.1, -0.05) is 6.07 Å². The van der Waals surface area contributed by atoms with E-state index in [0.717, 1.165) is 31.0 Å². The summed E-state index contributed by atoms with van der Waals surface area (Å²) in [7, 11) is 0. The monoisotopic (exact) mass is 250 g/mol. The first-order valence-corrected chi connectivity index (χ1v) is 6.36. The molecule has 0 radical (unpaired) electrons. The van der Waals surface area contributed by atoms with Crippen molar-refractivity contribution in [1.82, 2.24) is 5.32 Å². The van der Waals surface area contributed by atoms with Crippen LogP contribution in [0.15, 0.2) is 42.5 Å². The molecule has 0 aromatic heterocycles. The first-order chi connectivity index (χ1) is 9.35. The number of nitriles is 1. The van der Waals surface area contributed by atoms with E-state index in [1.165, 1.54) is 11.1 Å². The van der Waals surface area contributed by atoms with E-state index in [4.69, 9.17) is 10.00 Å². The van der Waals surface area contributed by atoms with Crippen LogP contribution in [0.3, 0.4) is 0 Å². The summed E-state index contributed by atoms with van der Waals surface area (Å²) in [5, 5.41) is 12.1. The standard InChI is InChI=1S/C16H14N2O/c17-10-12-1-4-15(5-2-12)19-16-6-3-13-7-8-18-11-14(13)9-16/h1-6,9,18H,7-8,11H2. The lowest BCUT2D eigenvalue weighted by atomic mass is 10.0. The van der Waals surface area contributed by atoms with Crippen LogP contribution in [0.5, 0.6) is 11.5 Å². The SMILES string of the molecule is N#Cc1ccc(Oc2ccc3c(c2)CNCC3)cc1. The fourth-order valence-corrected chi connectivity index (χ4v) is 2.25. The second-order valence-corrected chi connectivity index (χ2v) is 4.60. The van der Waals surface area contributed by atoms with Crippen LogP contribution >= 0.6 is 0 Å². The zero-order valence-corrected chi connectivity index (χ0v) is 10.5. The Kier molecular flexibility index (Phi) is 3.18. The summed E-state index contributed by atoms with van der Waals surface area (Å²) in [6, 6.07) is 15.5. The molecule has 1 N–H and O–H groups in total. The number of ether oxygens (including phenoxy) is 1. The highest BCUT2D eigenvalue weighted by atomic mass is 16.5. The number of rotatable bonds is 2. The van der Waals surface area contributed by atoms with Crippen molar-refractivity contribution >= 4 is 0 Å². The van der Waals surface area contributed by atoms with Crippen LogP contribution in [0.1, 0.15) is 16.7 Å². The van der Waals surface area contributed by atoms with Gasteiger partial charge in [-0.15, -0.1) is 0 Å². The predicted octanol–water partition coefficient (Wildman–Crippen LogP) is 3.00. The maximum absolute atomic E-state index is 8.75. The molecule has 1 aliphatic rings. The lowest BCUT2D eigenvalue weighted by Crippen LogP contribution is -2.23. The van der Waals surface area contributed by atoms with E-state index in [1.54, 1.807) is 12.1 Å². The minimum Gasteiger partial charge on any atom is -0.457 e. The maximum atomic E-state index is 8.75. The van der Waals surface area contributed by atoms with Gasteiger partial charge in [0.15, 0.2) is 0 Å². The molecular weight excluding hydrogens is 236 g/mol. The summed E-state index contributed by atoms with van der Waals surface area (Å²) in [5.41, 5.74) is 3.34. The third-order valence-electron chi connectivity index (χ3n) is 3.28. The summed E-state index contributed by atoms with van der Waals surface area (Å²) in [4.78, 5) is 0. The maximum Gasteiger partial charge on any atom is 0.127 e. The van der Waals surface area contributed by atoms with Crippen LogP contribution in [0.2, 0.25) is 0 Å². The molecule has 0 saturated carbocycles. The van der Waals surface area contributed by atoms with Crippen LogP contribution in [0.4, 0.5) is 0 Å². The van der Waals surface area contributed by atoms with Crippen molar-refractivity contribution in [2.24, 2.45) is 0 Å². The van der Waals surface area contributed by atoms with Gasteiger partial charge < -0.3 is 10.1 Å². The molecule has 1 heterocycles. The number of nitrogens with one attached hydrogen (secondary N) is 1. The van der Waals surface area contributed by atoms with E-state index in [9.17, 15) is 0 Å². The van der Waals surface area contributed by atoms with Crippen molar-refractivity contribution in [3.05, 3.63) is 59.2 Å². The zero-order chi connectivity index (χ0) is 13.1. The molecular formula is C16H14N2O. The Morgan fingerprint density at radius 3 is 2.58 bits per heavy atom. The van der Waals surface area contributed by atoms with Crippen LogP contribution in [0, 0.1) is 11.3 Å². The molecule has 3 nitrogen and oxygen atoms in total. The van der Waals surface area contributed by atoms with Crippen LogP contribution in [-0.2, 0) is 13.0 Å². The van der Waals surface area contributed by atoms with Crippen LogP contribution < -0.4 is 10.1 Å². The normalized spacial score (nSPS) is 13.4. The molecule has 19 heavy (non-hydrogen) atoms. The lowest BCUT2D eigenvalue weighted by Gasteiger charge is -2.17. The van der Waals surface area contributed by atoms with Crippen LogP contribution in [-0.4, -0.2) is 6.54 Å². The van der Waals surface area contributed by atoms with Gasteiger partial charge in [-0.2, -0.15) is 5.26 Å². The quantitative estimate of drug-likeness (QED) is 0.891. The van der Waals surface area contributed by atoms with E-state index < -0.39 is 0 Å². The van der Waals surface area contributed by atoms with Crippen molar-refractivity contribution in [2.75, 3.05) is 6.54 Å². The Balaban J connectivity index is 1.81. The van der Waals surface area contributed by atoms with E-state index >= 15 is 0 Å². The summed E-state index contributed by atoms with van der Waals surface area (Å²) in [6.07, 6.45) is 1.08. The molecule has 94 valence electrons. The van der Waals surface area contributed by atoms with E-state index in [-0.39, 0.29) is 0 Å². The number of hydrogen-bond acceptors (Lipinski definition) is 3. The fourth-order valence-electron chi connectivity index (χ4n) is 2.25. The summed E-state index contributed by atoms with van der Waals surface area (Å²) < 4.78 is 5.81. The largest absolute Gasteiger partial charge is 0.457 e. The highest BCUT2D eigenvalue weighted by Gasteiger charge is 2.09. The number of fused-ring (bicyclic) bond motifs is 1. The molecule has 0 bridgehead atoms. The van der Waals surface area contributed by atoms with E-state index in [0.29, 0.717) is 5.56 Å². The molecule has 0 atom stereocenters. The Bertz CT molecular complexity index is 626. The second-order valence-electron chi connectivity index (χ2n) is 4.60. The molecule has 2 aromatic carbocycles. The lowest BCUT2D eigenvalue weighted by molar-refractivity contribution is 0.480. The molecule has 1 aliphatic heterocycles. The summed E-state index contributed by atoms with van der Waals surface area (Å²) in [5.74, 6) is 1.59. The molecule has 0 fully saturated rings. The Morgan fingerprint density at radius 2 is 1.79 bits per heavy atom. The molecule has 0 spiro atoms. The average molecular weight is 250 g/mol. The van der Waals surface area contributed by atoms with Gasteiger partial charge in [-0.25, -0.2) is 0 Å². The average Bonchev–Trinajstić information content (AvgIpc) is 2.48. The van der Waals surface area contributed by atoms with Gasteiger partial charge in [0.05, 0.1) is 11.6 Å². The number of hydrogen-bond donors (Lipinski definition) is 1. The van der Waals surface area contributed by atoms with Gasteiger partial charge in [0.1, 0.15) is 11.5 Å². The minimum absolute atomic E-state index is 0.641. The minimum atomic E-state index is 0.641. The fraction of sp³-hybridized carbons (Fsp3) is 0.188. The first-order valence-electron chi connectivity index (χ1n) is 6.36. The number of nitrogens with zero attached hydrogens (tertiary/aromatic N) is 1. The van der Waals surface area contributed by atoms with Crippen molar-refractivity contribution in [2.45, 2.75) is 13.0 Å². The Morgan fingerprint density at radius 1 is 1.00 bits per heavy atom. The van der Waals surface area contributed by atoms with Gasteiger partial charge >= 0.3 is 0 Å². The Hall–Kier alpha value is -2.31. The predicted molar refractivity (Wildman–Crippen MR) is 73.1 cm³/mol. The van der Waals surface area contributed by atoms with E-state index in [1.807, 2.05) is 18.2 Å². The molecule has 0 amide bonds. The Labute approximate surface area is 112 Å². The smallest absolute Gasteiger partial charge is 0.127 e. The molecule has 3 heteroatoms. The highest BCUT2D eigenvalue weighted by Crippen LogP contribution is 2.25. The third-order valence-corrected chi connectivity index (χ3v) is 3.28. The van der Waals surface area contributed by atoms with Crippen molar-refractivity contribution in [3.8, 4) is 17.6 Å². The molecule has 3 rings (SSSR count). The van der Waals surface area contributed by atoms with Crippen LogP contribution in [0.25, 0.3) is 0 Å². The van der Waals surface area contributed by atoms with Crippen molar-refractivity contribution in [3.63, 3.8) is 0 Å². The van der Waals surface area contributed by atoms with Crippen molar-refractivity contribution < 1.29 is 4.74 Å². The van der Waals surface area contributed by atoms with Gasteiger partial charge in [0.2, 0.25) is 0 Å². The summed E-state index contributed by atoms with van der Waals surface area (Å²) in [6.45, 7) is 1.95. The first kappa shape index (κ1) is 11.8. The van der Waals surface area contributed by atoms with Gasteiger partial charge in [-0.3, -0.25) is 0 Å². The topological polar surface area (TPSA) is 45.0 Å². The molecule has 0 saturated heterocycles. The summed E-state index contributed by atoms with van der Waals surface area (Å²) >= 11 is 0. The highest BCUT2D eigenvalue weighted by molar-refractivity contribution is 5.41. The van der Waals surface area contributed by atoms with E-state index in [2.05, 4.69) is 23.5 Å².